The van der Waals surface area contributed by atoms with E-state index < -0.39 is 0 Å². The Morgan fingerprint density at radius 2 is 2.00 bits per heavy atom. The minimum Gasteiger partial charge on any atom is -0.491 e. The molecular formula is C18H22FNO. The van der Waals surface area contributed by atoms with E-state index in [1.54, 1.807) is 13.0 Å². The first kappa shape index (κ1) is 15.4. The van der Waals surface area contributed by atoms with Gasteiger partial charge in [-0.3, -0.25) is 0 Å². The van der Waals surface area contributed by atoms with Gasteiger partial charge in [-0.1, -0.05) is 25.1 Å². The SMILES string of the molecule is CCC(C)Oc1cccc(NCc2ccc(F)c(C)c2)c1. The minimum absolute atomic E-state index is 0.164. The normalized spacial score (nSPS) is 12.0. The summed E-state index contributed by atoms with van der Waals surface area (Å²) < 4.78 is 19.0. The minimum atomic E-state index is -0.164. The molecule has 0 saturated carbocycles. The molecule has 112 valence electrons. The Labute approximate surface area is 126 Å². The summed E-state index contributed by atoms with van der Waals surface area (Å²) in [4.78, 5) is 0. The Hall–Kier alpha value is -2.03. The number of hydrogen-bond donors (Lipinski definition) is 1. The maximum atomic E-state index is 13.2. The molecule has 0 fully saturated rings. The fourth-order valence-corrected chi connectivity index (χ4v) is 2.02. The van der Waals surface area contributed by atoms with Crippen LogP contribution in [-0.2, 0) is 6.54 Å². The van der Waals surface area contributed by atoms with Gasteiger partial charge in [0.25, 0.3) is 0 Å². The van der Waals surface area contributed by atoms with Gasteiger partial charge in [0.2, 0.25) is 0 Å². The van der Waals surface area contributed by atoms with Gasteiger partial charge in [0.05, 0.1) is 6.10 Å². The maximum absolute atomic E-state index is 13.2. The molecule has 0 amide bonds. The topological polar surface area (TPSA) is 21.3 Å². The van der Waals surface area contributed by atoms with Crippen LogP contribution in [-0.4, -0.2) is 6.10 Å². The van der Waals surface area contributed by atoms with Crippen molar-refractivity contribution in [3.63, 3.8) is 0 Å². The molecule has 0 bridgehead atoms. The quantitative estimate of drug-likeness (QED) is 0.814. The Kier molecular flexibility index (Phi) is 5.20. The van der Waals surface area contributed by atoms with Crippen molar-refractivity contribution in [1.82, 2.24) is 0 Å². The Morgan fingerprint density at radius 3 is 2.71 bits per heavy atom. The average molecular weight is 287 g/mol. The van der Waals surface area contributed by atoms with Gasteiger partial charge in [0.15, 0.2) is 0 Å². The van der Waals surface area contributed by atoms with Crippen molar-refractivity contribution < 1.29 is 9.13 Å². The molecule has 2 rings (SSSR count). The van der Waals surface area contributed by atoms with E-state index in [0.717, 1.165) is 23.4 Å². The lowest BCUT2D eigenvalue weighted by Gasteiger charge is -2.14. The highest BCUT2D eigenvalue weighted by atomic mass is 19.1. The van der Waals surface area contributed by atoms with Crippen LogP contribution in [0.1, 0.15) is 31.4 Å². The van der Waals surface area contributed by atoms with Crippen LogP contribution in [0, 0.1) is 12.7 Å². The fraction of sp³-hybridized carbons (Fsp3) is 0.333. The average Bonchev–Trinajstić information content (AvgIpc) is 2.49. The van der Waals surface area contributed by atoms with Gasteiger partial charge in [0, 0.05) is 18.3 Å². The fourth-order valence-electron chi connectivity index (χ4n) is 2.02. The first-order valence-electron chi connectivity index (χ1n) is 7.34. The third kappa shape index (κ3) is 4.48. The maximum Gasteiger partial charge on any atom is 0.126 e. The molecule has 0 radical (unpaired) electrons. The predicted octanol–water partition coefficient (Wildman–Crippen LogP) is 4.92. The molecular weight excluding hydrogens is 265 g/mol. The molecule has 0 aromatic heterocycles. The second-order valence-corrected chi connectivity index (χ2v) is 5.30. The highest BCUT2D eigenvalue weighted by Gasteiger charge is 2.03. The van der Waals surface area contributed by atoms with Gasteiger partial charge in [-0.2, -0.15) is 0 Å². The number of anilines is 1. The van der Waals surface area contributed by atoms with Crippen molar-refractivity contribution in [1.29, 1.82) is 0 Å². The van der Waals surface area contributed by atoms with E-state index in [9.17, 15) is 4.39 Å². The lowest BCUT2D eigenvalue weighted by Crippen LogP contribution is -2.09. The molecule has 2 nitrogen and oxygen atoms in total. The highest BCUT2D eigenvalue weighted by Crippen LogP contribution is 2.20. The lowest BCUT2D eigenvalue weighted by molar-refractivity contribution is 0.217. The molecule has 0 aliphatic carbocycles. The van der Waals surface area contributed by atoms with Crippen LogP contribution in [0.5, 0.6) is 5.75 Å². The van der Waals surface area contributed by atoms with Crippen LogP contribution >= 0.6 is 0 Å². The Morgan fingerprint density at radius 1 is 1.19 bits per heavy atom. The molecule has 0 aliphatic heterocycles. The summed E-state index contributed by atoms with van der Waals surface area (Å²) in [6.45, 7) is 6.60. The van der Waals surface area contributed by atoms with E-state index in [4.69, 9.17) is 4.74 Å². The molecule has 0 aliphatic rings. The van der Waals surface area contributed by atoms with E-state index in [0.29, 0.717) is 12.1 Å². The third-order valence-electron chi connectivity index (χ3n) is 3.47. The van der Waals surface area contributed by atoms with E-state index in [-0.39, 0.29) is 11.9 Å². The van der Waals surface area contributed by atoms with Crippen molar-refractivity contribution in [3.8, 4) is 5.75 Å². The monoisotopic (exact) mass is 287 g/mol. The van der Waals surface area contributed by atoms with Crippen LogP contribution in [0.3, 0.4) is 0 Å². The van der Waals surface area contributed by atoms with Crippen molar-refractivity contribution in [3.05, 3.63) is 59.4 Å². The number of rotatable bonds is 6. The predicted molar refractivity (Wildman–Crippen MR) is 85.3 cm³/mol. The summed E-state index contributed by atoms with van der Waals surface area (Å²) >= 11 is 0. The molecule has 0 spiro atoms. The molecule has 0 heterocycles. The number of aryl methyl sites for hydroxylation is 1. The van der Waals surface area contributed by atoms with Crippen molar-refractivity contribution in [2.75, 3.05) is 5.32 Å². The van der Waals surface area contributed by atoms with Gasteiger partial charge in [-0.25, -0.2) is 4.39 Å². The molecule has 2 aromatic carbocycles. The second-order valence-electron chi connectivity index (χ2n) is 5.30. The highest BCUT2D eigenvalue weighted by molar-refractivity contribution is 5.48. The molecule has 1 atom stereocenters. The largest absolute Gasteiger partial charge is 0.491 e. The first-order chi connectivity index (χ1) is 10.1. The summed E-state index contributed by atoms with van der Waals surface area (Å²) in [5.74, 6) is 0.701. The zero-order valence-corrected chi connectivity index (χ0v) is 12.8. The number of halogens is 1. The standard InChI is InChI=1S/C18H22FNO/c1-4-14(3)21-17-7-5-6-16(11-17)20-12-15-8-9-18(19)13(2)10-15/h5-11,14,20H,4,12H2,1-3H3. The van der Waals surface area contributed by atoms with Crippen LogP contribution in [0.4, 0.5) is 10.1 Å². The molecule has 3 heteroatoms. The van der Waals surface area contributed by atoms with Crippen LogP contribution in [0.15, 0.2) is 42.5 Å². The summed E-state index contributed by atoms with van der Waals surface area (Å²) in [6.07, 6.45) is 1.19. The molecule has 0 saturated heterocycles. The van der Waals surface area contributed by atoms with Crippen molar-refractivity contribution in [2.45, 2.75) is 39.8 Å². The van der Waals surface area contributed by atoms with E-state index >= 15 is 0 Å². The Balaban J connectivity index is 1.99. The molecule has 1 unspecified atom stereocenters. The van der Waals surface area contributed by atoms with Gasteiger partial charge >= 0.3 is 0 Å². The van der Waals surface area contributed by atoms with Gasteiger partial charge < -0.3 is 10.1 Å². The van der Waals surface area contributed by atoms with Crippen LogP contribution in [0.2, 0.25) is 0 Å². The summed E-state index contributed by atoms with van der Waals surface area (Å²) in [5.41, 5.74) is 2.73. The zero-order valence-electron chi connectivity index (χ0n) is 12.8. The lowest BCUT2D eigenvalue weighted by atomic mass is 10.1. The summed E-state index contributed by atoms with van der Waals surface area (Å²) in [7, 11) is 0. The molecule has 21 heavy (non-hydrogen) atoms. The van der Waals surface area contributed by atoms with E-state index in [1.807, 2.05) is 30.3 Å². The number of ether oxygens (including phenoxy) is 1. The van der Waals surface area contributed by atoms with Crippen LogP contribution in [0.25, 0.3) is 0 Å². The second kappa shape index (κ2) is 7.11. The van der Waals surface area contributed by atoms with Gasteiger partial charge in [-0.05, 0) is 49.6 Å². The van der Waals surface area contributed by atoms with E-state index in [1.165, 1.54) is 6.07 Å². The van der Waals surface area contributed by atoms with Gasteiger partial charge in [0.1, 0.15) is 11.6 Å². The van der Waals surface area contributed by atoms with Crippen LogP contribution < -0.4 is 10.1 Å². The number of nitrogens with one attached hydrogen (secondary N) is 1. The first-order valence-corrected chi connectivity index (χ1v) is 7.34. The van der Waals surface area contributed by atoms with Crippen molar-refractivity contribution >= 4 is 5.69 Å². The Bertz CT molecular complexity index is 598. The summed E-state index contributed by atoms with van der Waals surface area (Å²) in [6, 6.07) is 13.1. The smallest absolute Gasteiger partial charge is 0.126 e. The third-order valence-corrected chi connectivity index (χ3v) is 3.47. The molecule has 2 aromatic rings. The summed E-state index contributed by atoms with van der Waals surface area (Å²) in [5, 5.41) is 3.34. The zero-order chi connectivity index (χ0) is 15.2. The molecule has 1 N–H and O–H groups in total. The number of hydrogen-bond acceptors (Lipinski definition) is 2. The van der Waals surface area contributed by atoms with E-state index in [2.05, 4.69) is 19.2 Å². The van der Waals surface area contributed by atoms with Gasteiger partial charge in [-0.15, -0.1) is 0 Å². The van der Waals surface area contributed by atoms with Crippen molar-refractivity contribution in [2.24, 2.45) is 0 Å². The number of benzene rings is 2.